The Morgan fingerprint density at radius 2 is 1.91 bits per heavy atom. The summed E-state index contributed by atoms with van der Waals surface area (Å²) in [6.07, 6.45) is 3.48. The number of para-hydroxylation sites is 1. The molecule has 0 N–H and O–H groups in total. The van der Waals surface area contributed by atoms with Gasteiger partial charge in [-0.2, -0.15) is 0 Å². The Morgan fingerprint density at radius 1 is 1.09 bits per heavy atom. The molecule has 4 nitrogen and oxygen atoms in total. The molecule has 22 heavy (non-hydrogen) atoms. The lowest BCUT2D eigenvalue weighted by molar-refractivity contribution is 0.0828. The van der Waals surface area contributed by atoms with Gasteiger partial charge in [-0.25, -0.2) is 0 Å². The monoisotopic (exact) mass is 291 g/mol. The Hall–Kier alpha value is -2.75. The number of carbonyl (C=O) groups is 1. The number of fused-ring (bicyclic) bond motifs is 1. The van der Waals surface area contributed by atoms with E-state index >= 15 is 0 Å². The summed E-state index contributed by atoms with van der Waals surface area (Å²) in [5, 5.41) is 1.05. The minimum atomic E-state index is -0.0626. The van der Waals surface area contributed by atoms with Crippen molar-refractivity contribution >= 4 is 16.8 Å². The number of benzene rings is 1. The highest BCUT2D eigenvalue weighted by Crippen LogP contribution is 2.25. The number of pyridine rings is 2. The summed E-state index contributed by atoms with van der Waals surface area (Å²) < 4.78 is 0. The molecule has 0 atom stereocenters. The van der Waals surface area contributed by atoms with Gasteiger partial charge < -0.3 is 4.90 Å². The van der Waals surface area contributed by atoms with Crippen LogP contribution >= 0.6 is 0 Å². The van der Waals surface area contributed by atoms with Crippen molar-refractivity contribution in [3.05, 3.63) is 59.9 Å². The minimum Gasteiger partial charge on any atom is -0.345 e. The predicted molar refractivity (Wildman–Crippen MR) is 87.7 cm³/mol. The van der Waals surface area contributed by atoms with Gasteiger partial charge in [-0.15, -0.1) is 0 Å². The van der Waals surface area contributed by atoms with E-state index in [4.69, 9.17) is 0 Å². The third-order valence-electron chi connectivity index (χ3n) is 3.63. The fraction of sp³-hybridized carbons (Fsp3) is 0.167. The molecule has 0 saturated heterocycles. The molecule has 0 unspecified atom stereocenters. The van der Waals surface area contributed by atoms with Crippen molar-refractivity contribution in [1.29, 1.82) is 0 Å². The van der Waals surface area contributed by atoms with Gasteiger partial charge in [0, 0.05) is 37.4 Å². The molecule has 0 aliphatic carbocycles. The van der Waals surface area contributed by atoms with E-state index in [1.54, 1.807) is 43.5 Å². The van der Waals surface area contributed by atoms with Gasteiger partial charge in [0.1, 0.15) is 0 Å². The number of amides is 1. The first-order valence-corrected chi connectivity index (χ1v) is 7.10. The van der Waals surface area contributed by atoms with Gasteiger partial charge in [0.25, 0.3) is 5.91 Å². The molecule has 2 heterocycles. The topological polar surface area (TPSA) is 46.1 Å². The number of aromatic nitrogens is 2. The number of aryl methyl sites for hydroxylation is 1. The minimum absolute atomic E-state index is 0.0626. The fourth-order valence-corrected chi connectivity index (χ4v) is 2.49. The molecule has 3 aromatic rings. The van der Waals surface area contributed by atoms with Gasteiger partial charge in [-0.3, -0.25) is 14.8 Å². The van der Waals surface area contributed by atoms with Gasteiger partial charge in [0.05, 0.1) is 16.8 Å². The van der Waals surface area contributed by atoms with Crippen molar-refractivity contribution in [2.45, 2.75) is 6.92 Å². The maximum absolute atomic E-state index is 12.3. The molecule has 1 aromatic carbocycles. The van der Waals surface area contributed by atoms with Crippen LogP contribution < -0.4 is 0 Å². The maximum atomic E-state index is 12.3. The van der Waals surface area contributed by atoms with Crippen molar-refractivity contribution in [3.8, 4) is 11.3 Å². The molecule has 0 fully saturated rings. The Kier molecular flexibility index (Phi) is 3.59. The third kappa shape index (κ3) is 2.44. The van der Waals surface area contributed by atoms with E-state index in [0.717, 1.165) is 22.0 Å². The zero-order chi connectivity index (χ0) is 15.7. The number of hydrogen-bond donors (Lipinski definition) is 0. The first-order valence-electron chi connectivity index (χ1n) is 7.10. The molecule has 4 heteroatoms. The molecule has 0 bridgehead atoms. The van der Waals surface area contributed by atoms with Crippen LogP contribution in [0.15, 0.2) is 48.8 Å². The second-order valence-electron chi connectivity index (χ2n) is 5.47. The highest BCUT2D eigenvalue weighted by Gasteiger charge is 2.16. The SMILES string of the molecule is Cc1cccc2cc(-c3ncccc3C(=O)N(C)C)cnc12. The zero-order valence-corrected chi connectivity index (χ0v) is 12.9. The average Bonchev–Trinajstić information content (AvgIpc) is 2.54. The molecule has 2 aromatic heterocycles. The Balaban J connectivity index is 2.18. The first kappa shape index (κ1) is 14.2. The van der Waals surface area contributed by atoms with Crippen LogP contribution in [-0.2, 0) is 0 Å². The molecule has 1 amide bonds. The molecule has 0 saturated carbocycles. The van der Waals surface area contributed by atoms with Gasteiger partial charge in [-0.1, -0.05) is 18.2 Å². The van der Waals surface area contributed by atoms with Crippen molar-refractivity contribution in [1.82, 2.24) is 14.9 Å². The number of nitrogens with zero attached hydrogens (tertiary/aromatic N) is 3. The quantitative estimate of drug-likeness (QED) is 0.727. The summed E-state index contributed by atoms with van der Waals surface area (Å²) in [5.74, 6) is -0.0626. The summed E-state index contributed by atoms with van der Waals surface area (Å²) in [4.78, 5) is 22.8. The second-order valence-corrected chi connectivity index (χ2v) is 5.47. The summed E-state index contributed by atoms with van der Waals surface area (Å²) in [6, 6.07) is 11.7. The van der Waals surface area contributed by atoms with Crippen molar-refractivity contribution < 1.29 is 4.79 Å². The highest BCUT2D eigenvalue weighted by molar-refractivity contribution is 6.00. The van der Waals surface area contributed by atoms with Gasteiger partial charge in [0.15, 0.2) is 0 Å². The second kappa shape index (κ2) is 5.56. The lowest BCUT2D eigenvalue weighted by Crippen LogP contribution is -2.22. The smallest absolute Gasteiger partial charge is 0.255 e. The summed E-state index contributed by atoms with van der Waals surface area (Å²) >= 11 is 0. The number of carbonyl (C=O) groups excluding carboxylic acids is 1. The standard InChI is InChI=1S/C18H17N3O/c1-12-6-4-7-13-10-14(11-20-16(12)13)17-15(8-5-9-19-17)18(22)21(2)3/h4-11H,1-3H3. The molecule has 0 aliphatic heterocycles. The van der Waals surface area contributed by atoms with E-state index in [1.165, 1.54) is 0 Å². The van der Waals surface area contributed by atoms with E-state index in [-0.39, 0.29) is 5.91 Å². The Bertz CT molecular complexity index is 856. The molecule has 0 spiro atoms. The van der Waals surface area contributed by atoms with Crippen LogP contribution in [0.3, 0.4) is 0 Å². The van der Waals surface area contributed by atoms with Crippen LogP contribution in [0.25, 0.3) is 22.2 Å². The van der Waals surface area contributed by atoms with Gasteiger partial charge >= 0.3 is 0 Å². The average molecular weight is 291 g/mol. The molecule has 0 radical (unpaired) electrons. The number of hydrogen-bond acceptors (Lipinski definition) is 3. The third-order valence-corrected chi connectivity index (χ3v) is 3.63. The molecule has 110 valence electrons. The van der Waals surface area contributed by atoms with Crippen LogP contribution in [-0.4, -0.2) is 34.9 Å². The molecule has 0 aliphatic rings. The van der Waals surface area contributed by atoms with E-state index < -0.39 is 0 Å². The summed E-state index contributed by atoms with van der Waals surface area (Å²) in [7, 11) is 3.47. The van der Waals surface area contributed by atoms with Crippen molar-refractivity contribution in [2.75, 3.05) is 14.1 Å². The predicted octanol–water partition coefficient (Wildman–Crippen LogP) is 3.31. The molecular formula is C18H17N3O. The molecule has 3 rings (SSSR count). The van der Waals surface area contributed by atoms with Gasteiger partial charge in [0.2, 0.25) is 0 Å². The first-order chi connectivity index (χ1) is 10.6. The van der Waals surface area contributed by atoms with E-state index in [0.29, 0.717) is 11.3 Å². The lowest BCUT2D eigenvalue weighted by atomic mass is 10.0. The number of rotatable bonds is 2. The summed E-state index contributed by atoms with van der Waals surface area (Å²) in [6.45, 7) is 2.04. The normalized spacial score (nSPS) is 10.7. The Morgan fingerprint density at radius 3 is 2.68 bits per heavy atom. The van der Waals surface area contributed by atoms with Crippen LogP contribution in [0.2, 0.25) is 0 Å². The van der Waals surface area contributed by atoms with Crippen LogP contribution in [0.5, 0.6) is 0 Å². The zero-order valence-electron chi connectivity index (χ0n) is 12.9. The highest BCUT2D eigenvalue weighted by atomic mass is 16.2. The Labute approximate surface area is 129 Å². The van der Waals surface area contributed by atoms with E-state index in [1.807, 2.05) is 31.2 Å². The lowest BCUT2D eigenvalue weighted by Gasteiger charge is -2.13. The van der Waals surface area contributed by atoms with Crippen LogP contribution in [0, 0.1) is 6.92 Å². The van der Waals surface area contributed by atoms with Crippen LogP contribution in [0.4, 0.5) is 0 Å². The maximum Gasteiger partial charge on any atom is 0.255 e. The van der Waals surface area contributed by atoms with Gasteiger partial charge in [-0.05, 0) is 30.7 Å². The van der Waals surface area contributed by atoms with Crippen molar-refractivity contribution in [2.24, 2.45) is 0 Å². The van der Waals surface area contributed by atoms with Crippen molar-refractivity contribution in [3.63, 3.8) is 0 Å². The fourth-order valence-electron chi connectivity index (χ4n) is 2.49. The molecular weight excluding hydrogens is 274 g/mol. The van der Waals surface area contributed by atoms with E-state index in [2.05, 4.69) is 9.97 Å². The largest absolute Gasteiger partial charge is 0.345 e. The van der Waals surface area contributed by atoms with E-state index in [9.17, 15) is 4.79 Å². The van der Waals surface area contributed by atoms with Crippen LogP contribution in [0.1, 0.15) is 15.9 Å². The summed E-state index contributed by atoms with van der Waals surface area (Å²) in [5.41, 5.74) is 4.21.